The molecule has 0 bridgehead atoms. The third kappa shape index (κ3) is 2.17. The van der Waals surface area contributed by atoms with Crippen molar-refractivity contribution in [1.82, 2.24) is 0 Å². The smallest absolute Gasteiger partial charge is 0.335 e. The van der Waals surface area contributed by atoms with Crippen molar-refractivity contribution in [3.8, 4) is 0 Å². The summed E-state index contributed by atoms with van der Waals surface area (Å²) in [5, 5.41) is 9.19. The zero-order valence-electron chi connectivity index (χ0n) is 8.12. The van der Waals surface area contributed by atoms with Crippen LogP contribution in [0.1, 0.15) is 17.3 Å². The van der Waals surface area contributed by atoms with Gasteiger partial charge in [0, 0.05) is 13.6 Å². The van der Waals surface area contributed by atoms with Crippen LogP contribution in [0.2, 0.25) is 5.02 Å². The van der Waals surface area contributed by atoms with Gasteiger partial charge in [-0.3, -0.25) is 0 Å². The summed E-state index contributed by atoms with van der Waals surface area (Å²) >= 11 is 5.94. The van der Waals surface area contributed by atoms with E-state index < -0.39 is 5.97 Å². The minimum atomic E-state index is -0.961. The Hall–Kier alpha value is -1.22. The summed E-state index contributed by atoms with van der Waals surface area (Å²) in [5.74, 6) is -0.961. The Balaban J connectivity index is 3.07. The van der Waals surface area contributed by atoms with Gasteiger partial charge >= 0.3 is 5.97 Å². The molecule has 4 heteroatoms. The summed E-state index contributed by atoms with van der Waals surface area (Å²) in [6, 6.07) is 4.73. The Morgan fingerprint density at radius 1 is 1.57 bits per heavy atom. The molecule has 14 heavy (non-hydrogen) atoms. The van der Waals surface area contributed by atoms with Crippen molar-refractivity contribution >= 4 is 23.3 Å². The third-order valence-corrected chi connectivity index (χ3v) is 2.38. The molecule has 1 aromatic carbocycles. The van der Waals surface area contributed by atoms with Crippen molar-refractivity contribution in [3.05, 3.63) is 28.8 Å². The van der Waals surface area contributed by atoms with Gasteiger partial charge in [0.15, 0.2) is 0 Å². The van der Waals surface area contributed by atoms with Crippen LogP contribution in [0.3, 0.4) is 0 Å². The van der Waals surface area contributed by atoms with E-state index in [1.54, 1.807) is 12.1 Å². The fourth-order valence-corrected chi connectivity index (χ4v) is 1.44. The molecule has 1 aromatic rings. The maximum absolute atomic E-state index is 10.6. The first kappa shape index (κ1) is 10.9. The molecule has 0 aliphatic carbocycles. The molecule has 3 nitrogen and oxygen atoms in total. The molecular formula is C10H12ClNO2. The minimum Gasteiger partial charge on any atom is -0.478 e. The van der Waals surface area contributed by atoms with E-state index in [0.29, 0.717) is 5.02 Å². The van der Waals surface area contributed by atoms with E-state index in [9.17, 15) is 4.79 Å². The fourth-order valence-electron chi connectivity index (χ4n) is 1.12. The molecule has 0 aromatic heterocycles. The van der Waals surface area contributed by atoms with E-state index in [-0.39, 0.29) is 5.56 Å². The topological polar surface area (TPSA) is 40.5 Å². The summed E-state index contributed by atoms with van der Waals surface area (Å²) in [4.78, 5) is 12.6. The number of hydrogen-bond donors (Lipinski definition) is 1. The average Bonchev–Trinajstić information content (AvgIpc) is 2.16. The number of carboxylic acids is 1. The summed E-state index contributed by atoms with van der Waals surface area (Å²) in [7, 11) is 1.90. The zero-order chi connectivity index (χ0) is 10.7. The van der Waals surface area contributed by atoms with Crippen LogP contribution in [0.4, 0.5) is 5.69 Å². The Bertz CT molecular complexity index is 352. The van der Waals surface area contributed by atoms with Crippen LogP contribution in [0.5, 0.6) is 0 Å². The predicted molar refractivity (Wildman–Crippen MR) is 57.4 cm³/mol. The van der Waals surface area contributed by atoms with E-state index >= 15 is 0 Å². The number of aromatic carboxylic acids is 1. The Labute approximate surface area is 87.9 Å². The molecule has 0 fully saturated rings. The molecule has 0 heterocycles. The molecule has 0 saturated carbocycles. The lowest BCUT2D eigenvalue weighted by Crippen LogP contribution is -2.16. The second-order valence-corrected chi connectivity index (χ2v) is 3.39. The number of halogens is 1. The highest BCUT2D eigenvalue weighted by atomic mass is 35.5. The van der Waals surface area contributed by atoms with Crippen molar-refractivity contribution < 1.29 is 9.90 Å². The molecule has 0 saturated heterocycles. The van der Waals surface area contributed by atoms with Crippen LogP contribution in [0.25, 0.3) is 0 Å². The van der Waals surface area contributed by atoms with E-state index in [2.05, 4.69) is 0 Å². The second kappa shape index (κ2) is 4.33. The first-order valence-corrected chi connectivity index (χ1v) is 4.68. The molecule has 0 aliphatic rings. The Kier molecular flexibility index (Phi) is 3.36. The summed E-state index contributed by atoms with van der Waals surface area (Å²) in [6.07, 6.45) is 0. The number of nitrogens with zero attached hydrogens (tertiary/aromatic N) is 1. The van der Waals surface area contributed by atoms with Crippen molar-refractivity contribution in [2.24, 2.45) is 0 Å². The zero-order valence-corrected chi connectivity index (χ0v) is 8.88. The van der Waals surface area contributed by atoms with Gasteiger partial charge in [-0.2, -0.15) is 0 Å². The minimum absolute atomic E-state index is 0.211. The second-order valence-electron chi connectivity index (χ2n) is 2.99. The first-order valence-electron chi connectivity index (χ1n) is 4.30. The highest BCUT2D eigenvalue weighted by Gasteiger charge is 2.08. The van der Waals surface area contributed by atoms with E-state index in [4.69, 9.17) is 16.7 Å². The lowest BCUT2D eigenvalue weighted by molar-refractivity contribution is 0.0697. The normalized spacial score (nSPS) is 9.93. The molecule has 0 radical (unpaired) electrons. The maximum atomic E-state index is 10.6. The highest BCUT2D eigenvalue weighted by Crippen LogP contribution is 2.25. The van der Waals surface area contributed by atoms with Crippen LogP contribution >= 0.6 is 11.6 Å². The van der Waals surface area contributed by atoms with Crippen molar-refractivity contribution in [2.75, 3.05) is 18.5 Å². The van der Waals surface area contributed by atoms with Gasteiger partial charge in [-0.15, -0.1) is 0 Å². The number of anilines is 1. The molecule has 0 aliphatic heterocycles. The van der Waals surface area contributed by atoms with Crippen molar-refractivity contribution in [1.29, 1.82) is 0 Å². The van der Waals surface area contributed by atoms with Gasteiger partial charge in [0.1, 0.15) is 0 Å². The lowest BCUT2D eigenvalue weighted by Gasteiger charge is -2.18. The molecule has 0 unspecified atom stereocenters. The summed E-state index contributed by atoms with van der Waals surface area (Å²) in [5.41, 5.74) is 1.06. The maximum Gasteiger partial charge on any atom is 0.335 e. The van der Waals surface area contributed by atoms with Gasteiger partial charge < -0.3 is 10.0 Å². The van der Waals surface area contributed by atoms with Gasteiger partial charge in [0.25, 0.3) is 0 Å². The molecule has 1 N–H and O–H groups in total. The predicted octanol–water partition coefficient (Wildman–Crippen LogP) is 2.49. The largest absolute Gasteiger partial charge is 0.478 e. The first-order chi connectivity index (χ1) is 6.56. The Morgan fingerprint density at radius 2 is 2.21 bits per heavy atom. The monoisotopic (exact) mass is 213 g/mol. The molecule has 76 valence electrons. The van der Waals surface area contributed by atoms with Crippen LogP contribution < -0.4 is 4.90 Å². The van der Waals surface area contributed by atoms with Crippen LogP contribution in [-0.2, 0) is 0 Å². The highest BCUT2D eigenvalue weighted by molar-refractivity contribution is 6.33. The molecular weight excluding hydrogens is 202 g/mol. The van der Waals surface area contributed by atoms with E-state index in [0.717, 1.165) is 12.2 Å². The van der Waals surface area contributed by atoms with Crippen molar-refractivity contribution in [3.63, 3.8) is 0 Å². The SMILES string of the molecule is CCN(C)c1ccc(C(=O)O)cc1Cl. The number of benzene rings is 1. The standard InChI is InChI=1S/C10H12ClNO2/c1-3-12(2)9-5-4-7(10(13)14)6-8(9)11/h4-6H,3H2,1-2H3,(H,13,14). The molecule has 0 atom stereocenters. The summed E-state index contributed by atoms with van der Waals surface area (Å²) in [6.45, 7) is 2.83. The molecule has 0 amide bonds. The van der Waals surface area contributed by atoms with Gasteiger partial charge in [-0.25, -0.2) is 4.79 Å². The van der Waals surface area contributed by atoms with Gasteiger partial charge in [0.05, 0.1) is 16.3 Å². The number of rotatable bonds is 3. The fraction of sp³-hybridized carbons (Fsp3) is 0.300. The molecule has 0 spiro atoms. The van der Waals surface area contributed by atoms with Gasteiger partial charge in [-0.1, -0.05) is 11.6 Å². The molecule has 1 rings (SSSR count). The van der Waals surface area contributed by atoms with Gasteiger partial charge in [-0.05, 0) is 25.1 Å². The van der Waals surface area contributed by atoms with Crippen molar-refractivity contribution in [2.45, 2.75) is 6.92 Å². The van der Waals surface area contributed by atoms with Crippen LogP contribution in [0.15, 0.2) is 18.2 Å². The number of carboxylic acid groups (broad SMARTS) is 1. The number of hydrogen-bond acceptors (Lipinski definition) is 2. The van der Waals surface area contributed by atoms with E-state index in [1.165, 1.54) is 6.07 Å². The van der Waals surface area contributed by atoms with E-state index in [1.807, 2.05) is 18.9 Å². The third-order valence-electron chi connectivity index (χ3n) is 2.08. The quantitative estimate of drug-likeness (QED) is 0.839. The summed E-state index contributed by atoms with van der Waals surface area (Å²) < 4.78 is 0. The lowest BCUT2D eigenvalue weighted by atomic mass is 10.2. The Morgan fingerprint density at radius 3 is 2.64 bits per heavy atom. The van der Waals surface area contributed by atoms with Crippen LogP contribution in [0, 0.1) is 0 Å². The average molecular weight is 214 g/mol. The van der Waals surface area contributed by atoms with Gasteiger partial charge in [0.2, 0.25) is 0 Å². The van der Waals surface area contributed by atoms with Crippen LogP contribution in [-0.4, -0.2) is 24.7 Å². The number of carbonyl (C=O) groups is 1.